The largest absolute Gasteiger partial charge is 0.298 e. The zero-order valence-corrected chi connectivity index (χ0v) is 14.7. The van der Waals surface area contributed by atoms with Crippen molar-refractivity contribution in [3.8, 4) is 0 Å². The third-order valence-corrected chi connectivity index (χ3v) is 4.73. The van der Waals surface area contributed by atoms with E-state index < -0.39 is 10.0 Å². The second kappa shape index (κ2) is 6.21. The maximum absolute atomic E-state index is 12.4. The number of hydrogen-bond donors (Lipinski definition) is 2. The minimum Gasteiger partial charge on any atom is -0.298 e. The van der Waals surface area contributed by atoms with Crippen molar-refractivity contribution in [2.24, 2.45) is 0 Å². The van der Waals surface area contributed by atoms with Gasteiger partial charge in [0.2, 0.25) is 10.0 Å². The van der Waals surface area contributed by atoms with Crippen molar-refractivity contribution in [1.82, 2.24) is 4.98 Å². The molecule has 0 fully saturated rings. The number of sulfonamides is 1. The van der Waals surface area contributed by atoms with Gasteiger partial charge in [-0.25, -0.2) is 13.4 Å². The van der Waals surface area contributed by atoms with Crippen LogP contribution in [0.2, 0.25) is 0 Å². The number of hydrogen-bond acceptors (Lipinski definition) is 5. The van der Waals surface area contributed by atoms with E-state index in [2.05, 4.69) is 15.0 Å². The van der Waals surface area contributed by atoms with Crippen LogP contribution >= 0.6 is 11.3 Å². The molecule has 0 atom stereocenters. The quantitative estimate of drug-likeness (QED) is 0.747. The number of nitrogens with zero attached hydrogens (tertiary/aromatic N) is 1. The number of carbonyl (C=O) groups is 1. The molecule has 0 bridgehead atoms. The number of thiazole rings is 1. The predicted molar refractivity (Wildman–Crippen MR) is 97.2 cm³/mol. The third kappa shape index (κ3) is 3.90. The van der Waals surface area contributed by atoms with Gasteiger partial charge in [0.1, 0.15) is 0 Å². The number of carbonyl (C=O) groups excluding carboxylic acids is 1. The smallest absolute Gasteiger partial charge is 0.257 e. The maximum atomic E-state index is 12.4. The van der Waals surface area contributed by atoms with E-state index in [1.54, 1.807) is 18.2 Å². The van der Waals surface area contributed by atoms with E-state index in [4.69, 9.17) is 0 Å². The number of anilines is 2. The molecule has 1 amide bonds. The molecule has 1 aromatic heterocycles. The first-order valence-corrected chi connectivity index (χ1v) is 9.77. The summed E-state index contributed by atoms with van der Waals surface area (Å²) in [6.45, 7) is 2.00. The first-order valence-electron chi connectivity index (χ1n) is 7.06. The van der Waals surface area contributed by atoms with Crippen molar-refractivity contribution >= 4 is 48.3 Å². The second-order valence-corrected chi connectivity index (χ2v) is 8.18. The lowest BCUT2D eigenvalue weighted by atomic mass is 10.2. The predicted octanol–water partition coefficient (Wildman–Crippen LogP) is 3.23. The molecule has 2 N–H and O–H groups in total. The number of aromatic nitrogens is 1. The zero-order valence-electron chi connectivity index (χ0n) is 13.0. The molecule has 0 saturated carbocycles. The molecule has 2 aromatic carbocycles. The molecular formula is C16H15N3O3S2. The van der Waals surface area contributed by atoms with Crippen LogP contribution in [0.1, 0.15) is 15.9 Å². The van der Waals surface area contributed by atoms with Crippen molar-refractivity contribution in [2.75, 3.05) is 16.3 Å². The van der Waals surface area contributed by atoms with E-state index in [0.29, 0.717) is 16.4 Å². The molecule has 124 valence electrons. The van der Waals surface area contributed by atoms with Gasteiger partial charge in [-0.15, -0.1) is 0 Å². The Bertz CT molecular complexity index is 1030. The summed E-state index contributed by atoms with van der Waals surface area (Å²) >= 11 is 1.39. The van der Waals surface area contributed by atoms with E-state index in [9.17, 15) is 13.2 Å². The van der Waals surface area contributed by atoms with Crippen molar-refractivity contribution in [1.29, 1.82) is 0 Å². The lowest BCUT2D eigenvalue weighted by Crippen LogP contribution is -2.13. The summed E-state index contributed by atoms with van der Waals surface area (Å²) in [4.78, 5) is 16.7. The highest BCUT2D eigenvalue weighted by atomic mass is 32.2. The Hall–Kier alpha value is -2.45. The molecule has 0 unspecified atom stereocenters. The Morgan fingerprint density at radius 2 is 1.96 bits per heavy atom. The van der Waals surface area contributed by atoms with Gasteiger partial charge >= 0.3 is 0 Å². The molecule has 0 aliphatic carbocycles. The summed E-state index contributed by atoms with van der Waals surface area (Å²) in [6, 6.07) is 12.2. The van der Waals surface area contributed by atoms with Gasteiger partial charge in [0.15, 0.2) is 5.13 Å². The van der Waals surface area contributed by atoms with Crippen LogP contribution in [-0.4, -0.2) is 25.6 Å². The Labute approximate surface area is 143 Å². The van der Waals surface area contributed by atoms with Gasteiger partial charge in [0.25, 0.3) is 5.91 Å². The molecule has 0 saturated heterocycles. The van der Waals surface area contributed by atoms with E-state index >= 15 is 0 Å². The zero-order chi connectivity index (χ0) is 17.3. The molecule has 0 radical (unpaired) electrons. The Balaban J connectivity index is 1.82. The highest BCUT2D eigenvalue weighted by molar-refractivity contribution is 7.92. The molecular weight excluding hydrogens is 346 g/mol. The van der Waals surface area contributed by atoms with Gasteiger partial charge in [-0.3, -0.25) is 14.8 Å². The van der Waals surface area contributed by atoms with Crippen molar-refractivity contribution in [2.45, 2.75) is 6.92 Å². The average molecular weight is 361 g/mol. The van der Waals surface area contributed by atoms with E-state index in [1.807, 2.05) is 25.1 Å². The number of aryl methyl sites for hydroxylation is 1. The van der Waals surface area contributed by atoms with Crippen LogP contribution in [0.3, 0.4) is 0 Å². The minimum absolute atomic E-state index is 0.338. The lowest BCUT2D eigenvalue weighted by molar-refractivity contribution is 0.102. The van der Waals surface area contributed by atoms with E-state index in [-0.39, 0.29) is 5.91 Å². The van der Waals surface area contributed by atoms with E-state index in [0.717, 1.165) is 22.0 Å². The van der Waals surface area contributed by atoms with Crippen molar-refractivity contribution < 1.29 is 13.2 Å². The fourth-order valence-electron chi connectivity index (χ4n) is 2.19. The van der Waals surface area contributed by atoms with Gasteiger partial charge in [0.05, 0.1) is 16.5 Å². The minimum atomic E-state index is -3.39. The van der Waals surface area contributed by atoms with Gasteiger partial charge < -0.3 is 0 Å². The Morgan fingerprint density at radius 3 is 2.71 bits per heavy atom. The van der Waals surface area contributed by atoms with Crippen LogP contribution < -0.4 is 10.0 Å². The molecule has 3 aromatic rings. The lowest BCUT2D eigenvalue weighted by Gasteiger charge is -2.06. The van der Waals surface area contributed by atoms with Crippen LogP contribution in [0.4, 0.5) is 10.8 Å². The van der Waals surface area contributed by atoms with Crippen molar-refractivity contribution in [3.05, 3.63) is 53.6 Å². The number of nitrogens with one attached hydrogen (secondary N) is 2. The van der Waals surface area contributed by atoms with Gasteiger partial charge in [-0.05, 0) is 42.8 Å². The number of fused-ring (bicyclic) bond motifs is 1. The topological polar surface area (TPSA) is 88.2 Å². The summed E-state index contributed by atoms with van der Waals surface area (Å²) in [5, 5.41) is 3.25. The molecule has 1 heterocycles. The van der Waals surface area contributed by atoms with Crippen LogP contribution in [-0.2, 0) is 10.0 Å². The van der Waals surface area contributed by atoms with E-state index in [1.165, 1.54) is 17.4 Å². The molecule has 0 aliphatic heterocycles. The molecule has 6 nitrogen and oxygen atoms in total. The monoisotopic (exact) mass is 361 g/mol. The highest BCUT2D eigenvalue weighted by Gasteiger charge is 2.11. The van der Waals surface area contributed by atoms with Crippen molar-refractivity contribution in [3.63, 3.8) is 0 Å². The number of amides is 1. The Kier molecular flexibility index (Phi) is 4.25. The third-order valence-electron chi connectivity index (χ3n) is 3.19. The SMILES string of the molecule is Cc1ccc2nc(NC(=O)c3cccc(NS(C)(=O)=O)c3)sc2c1. The van der Waals surface area contributed by atoms with Crippen LogP contribution in [0, 0.1) is 6.92 Å². The molecule has 8 heteroatoms. The summed E-state index contributed by atoms with van der Waals surface area (Å²) in [5.74, 6) is -0.345. The normalized spacial score (nSPS) is 11.4. The second-order valence-electron chi connectivity index (χ2n) is 5.40. The summed E-state index contributed by atoms with van der Waals surface area (Å²) in [6.07, 6.45) is 1.06. The van der Waals surface area contributed by atoms with Crippen LogP contribution in [0.25, 0.3) is 10.2 Å². The van der Waals surface area contributed by atoms with Gasteiger partial charge in [-0.2, -0.15) is 0 Å². The van der Waals surface area contributed by atoms with Crippen LogP contribution in [0.5, 0.6) is 0 Å². The first-order chi connectivity index (χ1) is 11.3. The first kappa shape index (κ1) is 16.4. The summed E-state index contributed by atoms with van der Waals surface area (Å²) < 4.78 is 25.9. The van der Waals surface area contributed by atoms with Gasteiger partial charge in [-0.1, -0.05) is 23.5 Å². The number of benzene rings is 2. The molecule has 0 spiro atoms. The fourth-order valence-corrected chi connectivity index (χ4v) is 3.71. The molecule has 24 heavy (non-hydrogen) atoms. The van der Waals surface area contributed by atoms with Gasteiger partial charge in [0, 0.05) is 11.3 Å². The van der Waals surface area contributed by atoms with Crippen LogP contribution in [0.15, 0.2) is 42.5 Å². The Morgan fingerprint density at radius 1 is 1.17 bits per heavy atom. The average Bonchev–Trinajstić information content (AvgIpc) is 2.87. The molecule has 0 aliphatic rings. The highest BCUT2D eigenvalue weighted by Crippen LogP contribution is 2.27. The maximum Gasteiger partial charge on any atom is 0.257 e. The molecule has 3 rings (SSSR count). The number of rotatable bonds is 4. The fraction of sp³-hybridized carbons (Fsp3) is 0.125. The summed E-state index contributed by atoms with van der Waals surface area (Å²) in [5.41, 5.74) is 2.64. The standard InChI is InChI=1S/C16H15N3O3S2/c1-10-6-7-13-14(8-10)23-16(17-13)18-15(20)11-4-3-5-12(9-11)19-24(2,21)22/h3-9,19H,1-2H3,(H,17,18,20). The summed E-state index contributed by atoms with van der Waals surface area (Å²) in [7, 11) is -3.39.